The number of carbonyl (C=O) groups excluding carboxylic acids is 1. The van der Waals surface area contributed by atoms with E-state index in [1.165, 1.54) is 17.0 Å². The molecule has 0 aliphatic heterocycles. The van der Waals surface area contributed by atoms with Gasteiger partial charge in [-0.3, -0.25) is 9.69 Å². The molecule has 0 bridgehead atoms. The first-order valence-electron chi connectivity index (χ1n) is 5.22. The minimum atomic E-state index is -0.276. The molecule has 17 heavy (non-hydrogen) atoms. The molecule has 0 aromatic heterocycles. The SMILES string of the molecule is CN(CC(=O)N(C)C)Cc1cc(F)cc(Br)c1. The first kappa shape index (κ1) is 14.1. The molecule has 94 valence electrons. The second-order valence-electron chi connectivity index (χ2n) is 4.24. The van der Waals surface area contributed by atoms with Gasteiger partial charge in [-0.25, -0.2) is 4.39 Å². The number of benzene rings is 1. The van der Waals surface area contributed by atoms with E-state index in [1.807, 2.05) is 18.0 Å². The zero-order valence-corrected chi connectivity index (χ0v) is 11.8. The molecule has 0 radical (unpaired) electrons. The predicted molar refractivity (Wildman–Crippen MR) is 69.1 cm³/mol. The molecule has 0 saturated carbocycles. The Bertz CT molecular complexity index is 389. The molecular weight excluding hydrogens is 287 g/mol. The molecule has 3 nitrogen and oxygen atoms in total. The molecular formula is C12H16BrFN2O. The second-order valence-corrected chi connectivity index (χ2v) is 5.15. The molecule has 5 heteroatoms. The standard InChI is InChI=1S/C12H16BrFN2O/c1-15(2)12(17)8-16(3)7-9-4-10(13)6-11(14)5-9/h4-6H,7-8H2,1-3H3. The summed E-state index contributed by atoms with van der Waals surface area (Å²) in [5.41, 5.74) is 0.839. The minimum absolute atomic E-state index is 0.0305. The van der Waals surface area contributed by atoms with E-state index in [0.29, 0.717) is 17.6 Å². The molecule has 0 N–H and O–H groups in total. The van der Waals surface area contributed by atoms with Crippen LogP contribution >= 0.6 is 15.9 Å². The highest BCUT2D eigenvalue weighted by Crippen LogP contribution is 2.15. The highest BCUT2D eigenvalue weighted by molar-refractivity contribution is 9.10. The van der Waals surface area contributed by atoms with Crippen molar-refractivity contribution in [1.29, 1.82) is 0 Å². The monoisotopic (exact) mass is 302 g/mol. The first-order chi connectivity index (χ1) is 7.88. The van der Waals surface area contributed by atoms with Crippen LogP contribution in [0.2, 0.25) is 0 Å². The predicted octanol–water partition coefficient (Wildman–Crippen LogP) is 2.11. The lowest BCUT2D eigenvalue weighted by Gasteiger charge is -2.19. The summed E-state index contributed by atoms with van der Waals surface area (Å²) in [7, 11) is 5.27. The number of nitrogens with zero attached hydrogens (tertiary/aromatic N) is 2. The van der Waals surface area contributed by atoms with Gasteiger partial charge in [0.2, 0.25) is 5.91 Å². The summed E-state index contributed by atoms with van der Waals surface area (Å²) in [6.45, 7) is 0.858. The zero-order chi connectivity index (χ0) is 13.0. The quantitative estimate of drug-likeness (QED) is 0.850. The fourth-order valence-electron chi connectivity index (χ4n) is 1.44. The van der Waals surface area contributed by atoms with Crippen LogP contribution in [0.4, 0.5) is 4.39 Å². The molecule has 1 rings (SSSR count). The number of rotatable bonds is 4. The largest absolute Gasteiger partial charge is 0.348 e. The van der Waals surface area contributed by atoms with E-state index in [1.54, 1.807) is 14.1 Å². The van der Waals surface area contributed by atoms with Gasteiger partial charge in [-0.15, -0.1) is 0 Å². The molecule has 0 unspecified atom stereocenters. The lowest BCUT2D eigenvalue weighted by molar-refractivity contribution is -0.129. The van der Waals surface area contributed by atoms with Gasteiger partial charge in [0.1, 0.15) is 5.82 Å². The molecule has 1 aromatic rings. The number of likely N-dealkylation sites (N-methyl/N-ethyl adjacent to an activating group) is 2. The maximum absolute atomic E-state index is 13.1. The molecule has 0 heterocycles. The number of hydrogen-bond acceptors (Lipinski definition) is 2. The van der Waals surface area contributed by atoms with Gasteiger partial charge < -0.3 is 4.90 Å². The lowest BCUT2D eigenvalue weighted by atomic mass is 10.2. The summed E-state index contributed by atoms with van der Waals surface area (Å²) in [6, 6.07) is 4.73. The molecule has 0 saturated heterocycles. The Labute approximate surface area is 109 Å². The van der Waals surface area contributed by atoms with Crippen molar-refractivity contribution < 1.29 is 9.18 Å². The highest BCUT2D eigenvalue weighted by Gasteiger charge is 2.09. The van der Waals surface area contributed by atoms with Crippen LogP contribution in [-0.4, -0.2) is 43.4 Å². The third kappa shape index (κ3) is 4.83. The van der Waals surface area contributed by atoms with Crippen LogP contribution in [-0.2, 0) is 11.3 Å². The van der Waals surface area contributed by atoms with Crippen molar-refractivity contribution in [1.82, 2.24) is 9.80 Å². The lowest BCUT2D eigenvalue weighted by Crippen LogP contribution is -2.34. The van der Waals surface area contributed by atoms with E-state index < -0.39 is 0 Å². The molecule has 0 aliphatic rings. The smallest absolute Gasteiger partial charge is 0.236 e. The van der Waals surface area contributed by atoms with Gasteiger partial charge in [0.05, 0.1) is 6.54 Å². The Hall–Kier alpha value is -0.940. The summed E-state index contributed by atoms with van der Waals surface area (Å²) >= 11 is 3.24. The Morgan fingerprint density at radius 3 is 2.47 bits per heavy atom. The summed E-state index contributed by atoms with van der Waals surface area (Å²) in [5, 5.41) is 0. The van der Waals surface area contributed by atoms with Gasteiger partial charge in [-0.1, -0.05) is 15.9 Å². The summed E-state index contributed by atoms with van der Waals surface area (Å²) in [4.78, 5) is 14.9. The molecule has 0 atom stereocenters. The van der Waals surface area contributed by atoms with Crippen molar-refractivity contribution in [2.75, 3.05) is 27.7 Å². The van der Waals surface area contributed by atoms with Gasteiger partial charge in [0.25, 0.3) is 0 Å². The Kier molecular flexibility index (Phi) is 5.08. The Morgan fingerprint density at radius 1 is 1.29 bits per heavy atom. The number of halogens is 2. The second kappa shape index (κ2) is 6.12. The minimum Gasteiger partial charge on any atom is -0.348 e. The van der Waals surface area contributed by atoms with E-state index in [9.17, 15) is 9.18 Å². The number of amides is 1. The Morgan fingerprint density at radius 2 is 1.94 bits per heavy atom. The third-order valence-corrected chi connectivity index (χ3v) is 2.74. The van der Waals surface area contributed by atoms with E-state index in [-0.39, 0.29) is 11.7 Å². The molecule has 0 fully saturated rings. The average Bonchev–Trinajstić information content (AvgIpc) is 2.14. The number of hydrogen-bond donors (Lipinski definition) is 0. The summed E-state index contributed by atoms with van der Waals surface area (Å²) < 4.78 is 13.9. The fourth-order valence-corrected chi connectivity index (χ4v) is 1.95. The van der Waals surface area contributed by atoms with Gasteiger partial charge >= 0.3 is 0 Å². The normalized spacial score (nSPS) is 10.7. The van der Waals surface area contributed by atoms with Crippen molar-refractivity contribution >= 4 is 21.8 Å². The maximum Gasteiger partial charge on any atom is 0.236 e. The van der Waals surface area contributed by atoms with Crippen LogP contribution in [0, 0.1) is 5.82 Å². The van der Waals surface area contributed by atoms with E-state index in [2.05, 4.69) is 15.9 Å². The van der Waals surface area contributed by atoms with Crippen molar-refractivity contribution in [2.24, 2.45) is 0 Å². The third-order valence-electron chi connectivity index (χ3n) is 2.28. The molecule has 0 aliphatic carbocycles. The average molecular weight is 303 g/mol. The van der Waals surface area contributed by atoms with Crippen LogP contribution < -0.4 is 0 Å². The van der Waals surface area contributed by atoms with Crippen molar-refractivity contribution in [3.05, 3.63) is 34.1 Å². The highest BCUT2D eigenvalue weighted by atomic mass is 79.9. The summed E-state index contributed by atoms with van der Waals surface area (Å²) in [6.07, 6.45) is 0. The van der Waals surface area contributed by atoms with Crippen LogP contribution in [0.15, 0.2) is 22.7 Å². The van der Waals surface area contributed by atoms with Crippen LogP contribution in [0.3, 0.4) is 0 Å². The fraction of sp³-hybridized carbons (Fsp3) is 0.417. The van der Waals surface area contributed by atoms with Gasteiger partial charge in [-0.2, -0.15) is 0 Å². The number of carbonyl (C=O) groups is 1. The topological polar surface area (TPSA) is 23.6 Å². The Balaban J connectivity index is 2.61. The van der Waals surface area contributed by atoms with Crippen molar-refractivity contribution in [3.63, 3.8) is 0 Å². The van der Waals surface area contributed by atoms with E-state index >= 15 is 0 Å². The molecule has 0 spiro atoms. The van der Waals surface area contributed by atoms with Crippen molar-refractivity contribution in [3.8, 4) is 0 Å². The van der Waals surface area contributed by atoms with Crippen LogP contribution in [0.1, 0.15) is 5.56 Å². The zero-order valence-electron chi connectivity index (χ0n) is 10.2. The van der Waals surface area contributed by atoms with E-state index in [4.69, 9.17) is 0 Å². The van der Waals surface area contributed by atoms with E-state index in [0.717, 1.165) is 5.56 Å². The van der Waals surface area contributed by atoms with Crippen LogP contribution in [0.5, 0.6) is 0 Å². The van der Waals surface area contributed by atoms with Crippen LogP contribution in [0.25, 0.3) is 0 Å². The molecule has 1 amide bonds. The summed E-state index contributed by atoms with van der Waals surface area (Å²) in [5.74, 6) is -0.246. The maximum atomic E-state index is 13.1. The van der Waals surface area contributed by atoms with Gasteiger partial charge in [0, 0.05) is 25.1 Å². The van der Waals surface area contributed by atoms with Gasteiger partial charge in [0.15, 0.2) is 0 Å². The molecule has 1 aromatic carbocycles. The first-order valence-corrected chi connectivity index (χ1v) is 6.01. The van der Waals surface area contributed by atoms with Gasteiger partial charge in [-0.05, 0) is 30.8 Å². The van der Waals surface area contributed by atoms with Crippen molar-refractivity contribution in [2.45, 2.75) is 6.54 Å².